The van der Waals surface area contributed by atoms with Gasteiger partial charge >= 0.3 is 0 Å². The highest BCUT2D eigenvalue weighted by Gasteiger charge is 2.36. The molecule has 2 atom stereocenters. The Bertz CT molecular complexity index is 610. The van der Waals surface area contributed by atoms with Gasteiger partial charge in [0.15, 0.2) is 0 Å². The summed E-state index contributed by atoms with van der Waals surface area (Å²) < 4.78 is 0. The molecule has 1 N–H and O–H groups in total. The second kappa shape index (κ2) is 7.82. The Morgan fingerprint density at radius 2 is 1.92 bits per heavy atom. The van der Waals surface area contributed by atoms with E-state index in [2.05, 4.69) is 51.2 Å². The summed E-state index contributed by atoms with van der Waals surface area (Å²) in [6.07, 6.45) is 1.30. The van der Waals surface area contributed by atoms with Gasteiger partial charge in [0.05, 0.1) is 6.04 Å². The van der Waals surface area contributed by atoms with Crippen LogP contribution in [0.2, 0.25) is 0 Å². The van der Waals surface area contributed by atoms with Gasteiger partial charge in [-0.15, -0.1) is 0 Å². The van der Waals surface area contributed by atoms with E-state index in [-0.39, 0.29) is 17.9 Å². The molecule has 0 saturated carbocycles. The second-order valence-corrected chi connectivity index (χ2v) is 7.43. The standard InChI is InChI=1S/C20H30N2O2/c1-13(2)18-11-22(12-19(18)21-16(5)23)20(24)9-8-17-7-6-14(3)15(4)10-17/h6-7,10,13,18-19H,8-9,11-12H2,1-5H3,(H,21,23)/t18-,19+/m0/s1. The number of hydrogen-bond acceptors (Lipinski definition) is 2. The van der Waals surface area contributed by atoms with Gasteiger partial charge in [-0.2, -0.15) is 0 Å². The van der Waals surface area contributed by atoms with E-state index < -0.39 is 0 Å². The first-order valence-electron chi connectivity index (χ1n) is 8.89. The summed E-state index contributed by atoms with van der Waals surface area (Å²) in [4.78, 5) is 25.9. The molecule has 0 radical (unpaired) electrons. The van der Waals surface area contributed by atoms with E-state index in [1.54, 1.807) is 6.92 Å². The molecule has 0 unspecified atom stereocenters. The molecule has 0 bridgehead atoms. The summed E-state index contributed by atoms with van der Waals surface area (Å²) in [5.41, 5.74) is 3.76. The summed E-state index contributed by atoms with van der Waals surface area (Å²) in [6.45, 7) is 11.4. The van der Waals surface area contributed by atoms with Crippen LogP contribution in [0.4, 0.5) is 0 Å². The van der Waals surface area contributed by atoms with Crippen LogP contribution in [-0.2, 0) is 16.0 Å². The number of aryl methyl sites for hydroxylation is 3. The Hall–Kier alpha value is -1.84. The summed E-state index contributed by atoms with van der Waals surface area (Å²) in [5, 5.41) is 3.01. The zero-order valence-electron chi connectivity index (χ0n) is 15.6. The monoisotopic (exact) mass is 330 g/mol. The number of carbonyl (C=O) groups excluding carboxylic acids is 2. The predicted molar refractivity (Wildman–Crippen MR) is 96.7 cm³/mol. The average molecular weight is 330 g/mol. The van der Waals surface area contributed by atoms with Gasteiger partial charge in [-0.25, -0.2) is 0 Å². The molecule has 0 spiro atoms. The summed E-state index contributed by atoms with van der Waals surface area (Å²) >= 11 is 0. The molecule has 132 valence electrons. The molecule has 0 aliphatic carbocycles. The van der Waals surface area contributed by atoms with Gasteiger partial charge in [-0.3, -0.25) is 9.59 Å². The van der Waals surface area contributed by atoms with Crippen molar-refractivity contribution in [2.24, 2.45) is 11.8 Å². The SMILES string of the molecule is CC(=O)N[C@@H]1CN(C(=O)CCc2ccc(C)c(C)c2)C[C@H]1C(C)C. The van der Waals surface area contributed by atoms with Crippen LogP contribution in [0.15, 0.2) is 18.2 Å². The zero-order chi connectivity index (χ0) is 17.9. The third-order valence-electron chi connectivity index (χ3n) is 5.16. The lowest BCUT2D eigenvalue weighted by molar-refractivity contribution is -0.130. The number of benzene rings is 1. The van der Waals surface area contributed by atoms with Crippen molar-refractivity contribution in [2.75, 3.05) is 13.1 Å². The number of rotatable bonds is 5. The van der Waals surface area contributed by atoms with Crippen molar-refractivity contribution in [1.29, 1.82) is 0 Å². The van der Waals surface area contributed by atoms with Crippen LogP contribution in [0.3, 0.4) is 0 Å². The van der Waals surface area contributed by atoms with Gasteiger partial charge in [0.2, 0.25) is 11.8 Å². The third kappa shape index (κ3) is 4.59. The molecule has 1 saturated heterocycles. The van der Waals surface area contributed by atoms with E-state index in [1.165, 1.54) is 16.7 Å². The normalized spacial score (nSPS) is 20.5. The quantitative estimate of drug-likeness (QED) is 0.902. The van der Waals surface area contributed by atoms with Crippen molar-refractivity contribution in [2.45, 2.75) is 53.5 Å². The molecule has 1 aliphatic rings. The summed E-state index contributed by atoms with van der Waals surface area (Å²) in [7, 11) is 0. The van der Waals surface area contributed by atoms with E-state index in [0.29, 0.717) is 24.8 Å². The molecule has 1 aliphatic heterocycles. The van der Waals surface area contributed by atoms with Crippen LogP contribution in [0, 0.1) is 25.7 Å². The zero-order valence-corrected chi connectivity index (χ0v) is 15.6. The van der Waals surface area contributed by atoms with Crippen LogP contribution in [0.5, 0.6) is 0 Å². The molecular weight excluding hydrogens is 300 g/mol. The van der Waals surface area contributed by atoms with Crippen molar-refractivity contribution in [1.82, 2.24) is 10.2 Å². The number of nitrogens with one attached hydrogen (secondary N) is 1. The van der Waals surface area contributed by atoms with Gasteiger partial charge in [0, 0.05) is 32.4 Å². The van der Waals surface area contributed by atoms with Crippen LogP contribution < -0.4 is 5.32 Å². The number of amides is 2. The minimum Gasteiger partial charge on any atom is -0.351 e. The molecule has 4 nitrogen and oxygen atoms in total. The molecule has 4 heteroatoms. The molecule has 1 aromatic carbocycles. The maximum Gasteiger partial charge on any atom is 0.222 e. The molecule has 24 heavy (non-hydrogen) atoms. The maximum atomic E-state index is 12.6. The van der Waals surface area contributed by atoms with Crippen molar-refractivity contribution in [3.05, 3.63) is 34.9 Å². The Kier molecular flexibility index (Phi) is 6.03. The smallest absolute Gasteiger partial charge is 0.222 e. The Labute approximate surface area is 145 Å². The highest BCUT2D eigenvalue weighted by molar-refractivity contribution is 5.77. The third-order valence-corrected chi connectivity index (χ3v) is 5.16. The first kappa shape index (κ1) is 18.5. The molecule has 2 amide bonds. The molecular formula is C20H30N2O2. The lowest BCUT2D eigenvalue weighted by atomic mass is 9.91. The van der Waals surface area contributed by atoms with Crippen molar-refractivity contribution >= 4 is 11.8 Å². The first-order valence-corrected chi connectivity index (χ1v) is 8.89. The van der Waals surface area contributed by atoms with E-state index in [4.69, 9.17) is 0 Å². The number of nitrogens with zero attached hydrogens (tertiary/aromatic N) is 1. The van der Waals surface area contributed by atoms with Gasteiger partial charge in [0.1, 0.15) is 0 Å². The minimum absolute atomic E-state index is 0.0184. The highest BCUT2D eigenvalue weighted by atomic mass is 16.2. The van der Waals surface area contributed by atoms with Crippen molar-refractivity contribution in [3.63, 3.8) is 0 Å². The van der Waals surface area contributed by atoms with E-state index in [0.717, 1.165) is 13.0 Å². The van der Waals surface area contributed by atoms with E-state index in [9.17, 15) is 9.59 Å². The number of likely N-dealkylation sites (tertiary alicyclic amines) is 1. The van der Waals surface area contributed by atoms with Crippen LogP contribution in [-0.4, -0.2) is 35.8 Å². The second-order valence-electron chi connectivity index (χ2n) is 7.43. The molecule has 0 aromatic heterocycles. The van der Waals surface area contributed by atoms with Crippen LogP contribution >= 0.6 is 0 Å². The fourth-order valence-corrected chi connectivity index (χ4v) is 3.49. The lowest BCUT2D eigenvalue weighted by Gasteiger charge is -2.21. The summed E-state index contributed by atoms with van der Waals surface area (Å²) in [6, 6.07) is 6.47. The lowest BCUT2D eigenvalue weighted by Crippen LogP contribution is -2.41. The predicted octanol–water partition coefficient (Wildman–Crippen LogP) is 2.86. The van der Waals surface area contributed by atoms with Gasteiger partial charge < -0.3 is 10.2 Å². The van der Waals surface area contributed by atoms with Crippen molar-refractivity contribution < 1.29 is 9.59 Å². The van der Waals surface area contributed by atoms with E-state index >= 15 is 0 Å². The van der Waals surface area contributed by atoms with Gasteiger partial charge in [-0.1, -0.05) is 32.0 Å². The Morgan fingerprint density at radius 3 is 2.50 bits per heavy atom. The van der Waals surface area contributed by atoms with Crippen LogP contribution in [0.1, 0.15) is 43.9 Å². The van der Waals surface area contributed by atoms with Gasteiger partial charge in [0.25, 0.3) is 0 Å². The number of hydrogen-bond donors (Lipinski definition) is 1. The van der Waals surface area contributed by atoms with E-state index in [1.807, 2.05) is 4.90 Å². The summed E-state index contributed by atoms with van der Waals surface area (Å²) in [5.74, 6) is 0.945. The van der Waals surface area contributed by atoms with Gasteiger partial charge in [-0.05, 0) is 42.9 Å². The fraction of sp³-hybridized carbons (Fsp3) is 0.600. The van der Waals surface area contributed by atoms with Crippen LogP contribution in [0.25, 0.3) is 0 Å². The Balaban J connectivity index is 1.94. The molecule has 2 rings (SSSR count). The highest BCUT2D eigenvalue weighted by Crippen LogP contribution is 2.25. The minimum atomic E-state index is -0.0184. The largest absolute Gasteiger partial charge is 0.351 e. The molecule has 1 fully saturated rings. The number of carbonyl (C=O) groups is 2. The fourth-order valence-electron chi connectivity index (χ4n) is 3.49. The topological polar surface area (TPSA) is 49.4 Å². The molecule has 1 aromatic rings. The average Bonchev–Trinajstić information content (AvgIpc) is 2.91. The first-order chi connectivity index (χ1) is 11.3. The molecule has 1 heterocycles. The van der Waals surface area contributed by atoms with Crippen molar-refractivity contribution in [3.8, 4) is 0 Å². The maximum absolute atomic E-state index is 12.6. The Morgan fingerprint density at radius 1 is 1.21 bits per heavy atom.